The molecule has 25 heavy (non-hydrogen) atoms. The van der Waals surface area contributed by atoms with Crippen LogP contribution in [-0.4, -0.2) is 49.4 Å². The fraction of sp³-hybridized carbons (Fsp3) is 0.500. The molecule has 0 radical (unpaired) electrons. The minimum absolute atomic E-state index is 0. The Morgan fingerprint density at radius 1 is 1.16 bits per heavy atom. The summed E-state index contributed by atoms with van der Waals surface area (Å²) >= 11 is 0. The molecule has 1 aromatic carbocycles. The van der Waals surface area contributed by atoms with E-state index >= 15 is 0 Å². The molecule has 2 heterocycles. The Morgan fingerprint density at radius 2 is 1.76 bits per heavy atom. The number of nitrogens with zero attached hydrogens (tertiary/aromatic N) is 1. The highest BCUT2D eigenvalue weighted by Crippen LogP contribution is 2.31. The molecular weight excluding hydrogens is 359 g/mol. The first-order valence-corrected chi connectivity index (χ1v) is 7.79. The van der Waals surface area contributed by atoms with Crippen LogP contribution in [0.3, 0.4) is 0 Å². The lowest BCUT2D eigenvalue weighted by Crippen LogP contribution is -2.40. The fourth-order valence-electron chi connectivity index (χ4n) is 3.35. The van der Waals surface area contributed by atoms with Gasteiger partial charge in [-0.15, -0.1) is 12.4 Å². The zero-order valence-electron chi connectivity index (χ0n) is 13.3. The van der Waals surface area contributed by atoms with E-state index < -0.39 is 23.2 Å². The summed E-state index contributed by atoms with van der Waals surface area (Å²) in [5.74, 6) is -0.300. The first-order chi connectivity index (χ1) is 11.4. The summed E-state index contributed by atoms with van der Waals surface area (Å²) in [5, 5.41) is 5.57. The topological polar surface area (TPSA) is 61.4 Å². The van der Waals surface area contributed by atoms with E-state index in [9.17, 15) is 22.8 Å². The van der Waals surface area contributed by atoms with Crippen LogP contribution in [0.15, 0.2) is 24.3 Å². The number of hydrogen-bond acceptors (Lipinski definition) is 3. The number of carbonyl (C=O) groups is 2. The Bertz CT molecular complexity index is 642. The summed E-state index contributed by atoms with van der Waals surface area (Å²) in [5.41, 5.74) is -1.47. The Hall–Kier alpha value is -1.80. The summed E-state index contributed by atoms with van der Waals surface area (Å²) in [7, 11) is 0. The molecule has 0 saturated carbocycles. The molecule has 1 aromatic rings. The van der Waals surface area contributed by atoms with E-state index in [0.29, 0.717) is 24.9 Å². The molecule has 0 unspecified atom stereocenters. The van der Waals surface area contributed by atoms with E-state index in [1.54, 1.807) is 4.90 Å². The van der Waals surface area contributed by atoms with E-state index in [1.807, 2.05) is 0 Å². The molecule has 0 aliphatic carbocycles. The lowest BCUT2D eigenvalue weighted by atomic mass is 10.0. The van der Waals surface area contributed by atoms with Gasteiger partial charge in [0.1, 0.15) is 0 Å². The second kappa shape index (κ2) is 7.61. The molecule has 2 N–H and O–H groups in total. The molecular formula is C16H19ClF3N3O2. The zero-order valence-corrected chi connectivity index (χ0v) is 14.1. The number of carbonyl (C=O) groups excluding carboxylic acids is 2. The van der Waals surface area contributed by atoms with Gasteiger partial charge in [0.05, 0.1) is 17.7 Å². The molecule has 0 bridgehead atoms. The van der Waals surface area contributed by atoms with Crippen molar-refractivity contribution in [1.82, 2.24) is 15.5 Å². The van der Waals surface area contributed by atoms with Crippen LogP contribution < -0.4 is 10.6 Å². The van der Waals surface area contributed by atoms with Crippen molar-refractivity contribution in [2.75, 3.05) is 32.7 Å². The van der Waals surface area contributed by atoms with Crippen molar-refractivity contribution in [2.45, 2.75) is 6.18 Å². The molecule has 2 amide bonds. The number of fused-ring (bicyclic) bond motifs is 1. The van der Waals surface area contributed by atoms with Gasteiger partial charge in [-0.1, -0.05) is 12.1 Å². The predicted octanol–water partition coefficient (Wildman–Crippen LogP) is 1.53. The molecule has 2 fully saturated rings. The molecule has 2 aliphatic heterocycles. The normalized spacial score (nSPS) is 22.3. The lowest BCUT2D eigenvalue weighted by Gasteiger charge is -2.18. The Kier molecular flexibility index (Phi) is 5.95. The number of benzene rings is 1. The Labute approximate surface area is 149 Å². The van der Waals surface area contributed by atoms with E-state index in [2.05, 4.69) is 10.6 Å². The van der Waals surface area contributed by atoms with Gasteiger partial charge in [0.15, 0.2) is 0 Å². The van der Waals surface area contributed by atoms with Crippen molar-refractivity contribution in [3.8, 4) is 0 Å². The van der Waals surface area contributed by atoms with Gasteiger partial charge in [-0.25, -0.2) is 0 Å². The van der Waals surface area contributed by atoms with Gasteiger partial charge in [-0.3, -0.25) is 9.59 Å². The summed E-state index contributed by atoms with van der Waals surface area (Å²) in [6.07, 6.45) is -4.61. The van der Waals surface area contributed by atoms with Crippen LogP contribution in [-0.2, 0) is 11.0 Å². The van der Waals surface area contributed by atoms with Crippen LogP contribution in [0.1, 0.15) is 15.9 Å². The maximum absolute atomic E-state index is 12.9. The summed E-state index contributed by atoms with van der Waals surface area (Å²) in [6.45, 7) is 2.72. The molecule has 2 aliphatic rings. The van der Waals surface area contributed by atoms with Gasteiger partial charge in [0, 0.05) is 26.2 Å². The zero-order chi connectivity index (χ0) is 17.3. The van der Waals surface area contributed by atoms with E-state index in [0.717, 1.165) is 25.2 Å². The molecule has 0 aromatic heterocycles. The quantitative estimate of drug-likeness (QED) is 0.840. The second-order valence-corrected chi connectivity index (χ2v) is 6.20. The lowest BCUT2D eigenvalue weighted by molar-refractivity contribution is -0.137. The van der Waals surface area contributed by atoms with Crippen LogP contribution in [0, 0.1) is 11.8 Å². The number of likely N-dealkylation sites (tertiary alicyclic amines) is 1. The highest BCUT2D eigenvalue weighted by molar-refractivity contribution is 5.97. The van der Waals surface area contributed by atoms with Crippen LogP contribution >= 0.6 is 12.4 Å². The maximum atomic E-state index is 12.9. The third-order valence-electron chi connectivity index (χ3n) is 4.62. The van der Waals surface area contributed by atoms with Crippen LogP contribution in [0.25, 0.3) is 0 Å². The number of amides is 2. The van der Waals surface area contributed by atoms with Gasteiger partial charge in [-0.2, -0.15) is 13.2 Å². The van der Waals surface area contributed by atoms with Gasteiger partial charge >= 0.3 is 6.18 Å². The second-order valence-electron chi connectivity index (χ2n) is 6.20. The average Bonchev–Trinajstić information content (AvgIpc) is 3.13. The van der Waals surface area contributed by atoms with Crippen LogP contribution in [0.4, 0.5) is 13.2 Å². The summed E-state index contributed by atoms with van der Waals surface area (Å²) in [6, 6.07) is 4.54. The number of nitrogens with one attached hydrogen (secondary N) is 2. The SMILES string of the molecule is Cl.O=C(NCC(=O)N1C[C@H]2CNC[C@H]2C1)c1ccccc1C(F)(F)F. The Balaban J connectivity index is 0.00000225. The standard InChI is InChI=1S/C16H18F3N3O2.ClH/c17-16(18,19)13-4-2-1-3-12(13)15(24)21-7-14(23)22-8-10-5-20-6-11(10)9-22;/h1-4,10-11,20H,5-9H2,(H,21,24);1H/t10-,11+;. The third-order valence-corrected chi connectivity index (χ3v) is 4.62. The van der Waals surface area contributed by atoms with E-state index in [4.69, 9.17) is 0 Å². The van der Waals surface area contributed by atoms with Gasteiger partial charge in [-0.05, 0) is 24.0 Å². The summed E-state index contributed by atoms with van der Waals surface area (Å²) in [4.78, 5) is 25.9. The number of alkyl halides is 3. The first kappa shape index (κ1) is 19.5. The van der Waals surface area contributed by atoms with Crippen molar-refractivity contribution in [3.05, 3.63) is 35.4 Å². The third kappa shape index (κ3) is 4.24. The van der Waals surface area contributed by atoms with Gasteiger partial charge < -0.3 is 15.5 Å². The highest BCUT2D eigenvalue weighted by Gasteiger charge is 2.38. The molecule has 0 spiro atoms. The molecule has 138 valence electrons. The molecule has 9 heteroatoms. The average molecular weight is 378 g/mol. The number of hydrogen-bond donors (Lipinski definition) is 2. The van der Waals surface area contributed by atoms with Crippen molar-refractivity contribution in [3.63, 3.8) is 0 Å². The van der Waals surface area contributed by atoms with Crippen molar-refractivity contribution in [2.24, 2.45) is 11.8 Å². The first-order valence-electron chi connectivity index (χ1n) is 7.79. The van der Waals surface area contributed by atoms with Crippen LogP contribution in [0.5, 0.6) is 0 Å². The van der Waals surface area contributed by atoms with E-state index in [-0.39, 0.29) is 24.9 Å². The van der Waals surface area contributed by atoms with Crippen molar-refractivity contribution in [1.29, 1.82) is 0 Å². The molecule has 2 atom stereocenters. The summed E-state index contributed by atoms with van der Waals surface area (Å²) < 4.78 is 38.8. The van der Waals surface area contributed by atoms with Gasteiger partial charge in [0.25, 0.3) is 5.91 Å². The van der Waals surface area contributed by atoms with Crippen LogP contribution in [0.2, 0.25) is 0 Å². The number of rotatable bonds is 3. The minimum atomic E-state index is -4.61. The smallest absolute Gasteiger partial charge is 0.343 e. The minimum Gasteiger partial charge on any atom is -0.343 e. The van der Waals surface area contributed by atoms with E-state index in [1.165, 1.54) is 12.1 Å². The van der Waals surface area contributed by atoms with Gasteiger partial charge in [0.2, 0.25) is 5.91 Å². The molecule has 5 nitrogen and oxygen atoms in total. The number of halogens is 4. The largest absolute Gasteiger partial charge is 0.417 e. The molecule has 2 saturated heterocycles. The fourth-order valence-corrected chi connectivity index (χ4v) is 3.35. The Morgan fingerprint density at radius 3 is 2.36 bits per heavy atom. The highest BCUT2D eigenvalue weighted by atomic mass is 35.5. The predicted molar refractivity (Wildman–Crippen MR) is 87.5 cm³/mol. The maximum Gasteiger partial charge on any atom is 0.417 e. The van der Waals surface area contributed by atoms with Crippen molar-refractivity contribution < 1.29 is 22.8 Å². The monoisotopic (exact) mass is 377 g/mol. The van der Waals surface area contributed by atoms with Crippen molar-refractivity contribution >= 4 is 24.2 Å². The molecule has 3 rings (SSSR count).